The number of thiol groups is 1. The highest BCUT2D eigenvalue weighted by atomic mass is 35.5. The number of aliphatic imine (C=N–C) groups is 1. The Morgan fingerprint density at radius 3 is 2.89 bits per heavy atom. The summed E-state index contributed by atoms with van der Waals surface area (Å²) in [5.74, 6) is 0.938. The van der Waals surface area contributed by atoms with Crippen LogP contribution >= 0.6 is 36.2 Å². The first-order valence-corrected chi connectivity index (χ1v) is 12.9. The number of hydrogen-bond acceptors (Lipinski definition) is 9. The molecule has 0 radical (unpaired) electrons. The molecule has 6 rings (SSSR count). The Balaban J connectivity index is 1.25. The average Bonchev–Trinajstić information content (AvgIpc) is 3.62. The molecule has 1 spiro atoms. The van der Waals surface area contributed by atoms with Gasteiger partial charge in [-0.25, -0.2) is 15.0 Å². The molecule has 3 N–H and O–H groups in total. The molecular formula is C23H24ClN9S2. The number of rotatable bonds is 5. The van der Waals surface area contributed by atoms with Crippen molar-refractivity contribution in [3.63, 3.8) is 0 Å². The van der Waals surface area contributed by atoms with Crippen LogP contribution in [0.15, 0.2) is 70.6 Å². The van der Waals surface area contributed by atoms with Crippen LogP contribution in [-0.4, -0.2) is 55.1 Å². The van der Waals surface area contributed by atoms with E-state index >= 15 is 0 Å². The van der Waals surface area contributed by atoms with Crippen LogP contribution in [0.3, 0.4) is 0 Å². The zero-order chi connectivity index (χ0) is 24.0. The molecule has 12 heteroatoms. The third-order valence-electron chi connectivity index (χ3n) is 7.02. The standard InChI is InChI=1S/C23H24ClN9S2/c24-19-17(2-7-31-10-6-27-22(19)31)35-18-12-28-21(16-11-26-14-33(16)18)32-8-3-23(4-9-32)13-29-15(1-5-25)20(23)30-34/h1-2,5-7,10-12,14,20,30,34H,3-4,8-9,13,25H2/b5-1-. The summed E-state index contributed by atoms with van der Waals surface area (Å²) in [6.07, 6.45) is 16.6. The van der Waals surface area contributed by atoms with E-state index < -0.39 is 0 Å². The van der Waals surface area contributed by atoms with E-state index in [4.69, 9.17) is 27.3 Å². The lowest BCUT2D eigenvalue weighted by atomic mass is 9.73. The van der Waals surface area contributed by atoms with E-state index in [9.17, 15) is 0 Å². The smallest absolute Gasteiger partial charge is 0.156 e. The summed E-state index contributed by atoms with van der Waals surface area (Å²) < 4.78 is 7.15. The molecule has 1 atom stereocenters. The molecule has 4 aromatic rings. The maximum absolute atomic E-state index is 6.64. The predicted octanol–water partition coefficient (Wildman–Crippen LogP) is 3.50. The Labute approximate surface area is 217 Å². The molecule has 1 fully saturated rings. The van der Waals surface area contributed by atoms with Crippen LogP contribution in [-0.2, 0) is 0 Å². The minimum Gasteiger partial charge on any atom is -0.405 e. The van der Waals surface area contributed by atoms with Gasteiger partial charge in [0.1, 0.15) is 16.9 Å². The zero-order valence-corrected chi connectivity index (χ0v) is 21.2. The second kappa shape index (κ2) is 9.05. The fraction of sp³-hybridized carbons (Fsp3) is 0.304. The van der Waals surface area contributed by atoms with Crippen LogP contribution in [0.1, 0.15) is 12.8 Å². The molecule has 0 aliphatic carbocycles. The summed E-state index contributed by atoms with van der Waals surface area (Å²) in [6, 6.07) is 2.08. The summed E-state index contributed by atoms with van der Waals surface area (Å²) in [5, 5.41) is 1.56. The summed E-state index contributed by atoms with van der Waals surface area (Å²) >= 11 is 12.6. The van der Waals surface area contributed by atoms with Crippen molar-refractivity contribution in [2.75, 3.05) is 24.5 Å². The first-order chi connectivity index (χ1) is 17.1. The fourth-order valence-electron chi connectivity index (χ4n) is 5.13. The van der Waals surface area contributed by atoms with Crippen LogP contribution < -0.4 is 15.4 Å². The highest BCUT2D eigenvalue weighted by Crippen LogP contribution is 2.42. The molecule has 4 aromatic heterocycles. The normalized spacial score (nSPS) is 20.0. The van der Waals surface area contributed by atoms with Gasteiger partial charge in [0.15, 0.2) is 11.5 Å². The van der Waals surface area contributed by atoms with E-state index in [0.29, 0.717) is 5.02 Å². The highest BCUT2D eigenvalue weighted by Gasteiger charge is 2.46. The van der Waals surface area contributed by atoms with Crippen molar-refractivity contribution in [1.82, 2.24) is 28.5 Å². The third-order valence-corrected chi connectivity index (χ3v) is 8.84. The number of aromatic nitrogens is 5. The van der Waals surface area contributed by atoms with E-state index in [-0.39, 0.29) is 11.5 Å². The largest absolute Gasteiger partial charge is 0.405 e. The van der Waals surface area contributed by atoms with Crippen LogP contribution in [0.25, 0.3) is 11.2 Å². The molecular weight excluding hydrogens is 502 g/mol. The van der Waals surface area contributed by atoms with Crippen LogP contribution in [0.5, 0.6) is 0 Å². The number of hydrogen-bond donors (Lipinski definition) is 3. The van der Waals surface area contributed by atoms with Gasteiger partial charge in [-0.15, -0.1) is 0 Å². The van der Waals surface area contributed by atoms with Gasteiger partial charge in [0.2, 0.25) is 0 Å². The first-order valence-electron chi connectivity index (χ1n) is 11.3. The van der Waals surface area contributed by atoms with Crippen LogP contribution in [0.4, 0.5) is 5.82 Å². The summed E-state index contributed by atoms with van der Waals surface area (Å²) in [6.45, 7) is 2.54. The van der Waals surface area contributed by atoms with Crippen molar-refractivity contribution in [2.45, 2.75) is 28.8 Å². The lowest BCUT2D eigenvalue weighted by Crippen LogP contribution is -2.51. The van der Waals surface area contributed by atoms with Crippen molar-refractivity contribution in [1.29, 1.82) is 0 Å². The summed E-state index contributed by atoms with van der Waals surface area (Å²) in [4.78, 5) is 21.7. The fourth-order valence-corrected chi connectivity index (χ4v) is 6.75. The Bertz CT molecular complexity index is 1450. The number of nitrogens with zero attached hydrogens (tertiary/aromatic N) is 7. The van der Waals surface area contributed by atoms with Gasteiger partial charge in [0, 0.05) is 48.5 Å². The van der Waals surface area contributed by atoms with E-state index in [1.54, 1.807) is 24.2 Å². The molecule has 180 valence electrons. The van der Waals surface area contributed by atoms with Crippen molar-refractivity contribution < 1.29 is 0 Å². The van der Waals surface area contributed by atoms with Gasteiger partial charge in [-0.2, -0.15) is 0 Å². The number of fused-ring (bicyclic) bond motifs is 2. The van der Waals surface area contributed by atoms with Gasteiger partial charge in [-0.3, -0.25) is 14.1 Å². The quantitative estimate of drug-likeness (QED) is 0.343. The summed E-state index contributed by atoms with van der Waals surface area (Å²) in [5.41, 5.74) is 8.35. The Morgan fingerprint density at radius 1 is 1.23 bits per heavy atom. The Hall–Kier alpha value is -2.73. The first kappa shape index (κ1) is 22.7. The van der Waals surface area contributed by atoms with Crippen LogP contribution in [0.2, 0.25) is 5.02 Å². The lowest BCUT2D eigenvalue weighted by Gasteiger charge is -2.43. The van der Waals surface area contributed by atoms with Gasteiger partial charge in [0.05, 0.1) is 29.2 Å². The maximum Gasteiger partial charge on any atom is 0.156 e. The molecule has 0 bridgehead atoms. The molecule has 1 saturated heterocycles. The Kier molecular flexibility index (Phi) is 5.87. The molecule has 2 aliphatic rings. The second-order valence-corrected chi connectivity index (χ2v) is 10.5. The number of anilines is 1. The van der Waals surface area contributed by atoms with E-state index in [0.717, 1.165) is 65.1 Å². The summed E-state index contributed by atoms with van der Waals surface area (Å²) in [7, 11) is 0. The van der Waals surface area contributed by atoms with Gasteiger partial charge in [-0.05, 0) is 31.2 Å². The number of piperidine rings is 1. The van der Waals surface area contributed by atoms with Crippen LogP contribution in [0, 0.1) is 5.41 Å². The topological polar surface area (TPSA) is 101 Å². The highest BCUT2D eigenvalue weighted by molar-refractivity contribution is 7.99. The number of pyridine rings is 1. The van der Waals surface area contributed by atoms with Gasteiger partial charge < -0.3 is 15.0 Å². The van der Waals surface area contributed by atoms with E-state index in [2.05, 4.69) is 36.8 Å². The monoisotopic (exact) mass is 525 g/mol. The van der Waals surface area contributed by atoms with E-state index in [1.807, 2.05) is 47.7 Å². The molecule has 0 amide bonds. The number of nitrogens with two attached hydrogens (primary N) is 1. The molecule has 0 saturated carbocycles. The number of nitrogens with one attached hydrogen (secondary N) is 1. The molecule has 9 nitrogen and oxygen atoms in total. The van der Waals surface area contributed by atoms with Crippen molar-refractivity contribution in [3.8, 4) is 0 Å². The van der Waals surface area contributed by atoms with Crippen molar-refractivity contribution >= 4 is 58.9 Å². The van der Waals surface area contributed by atoms with E-state index in [1.165, 1.54) is 0 Å². The third kappa shape index (κ3) is 3.77. The second-order valence-electron chi connectivity index (χ2n) is 8.83. The van der Waals surface area contributed by atoms with Crippen molar-refractivity contribution in [3.05, 3.63) is 60.7 Å². The predicted molar refractivity (Wildman–Crippen MR) is 143 cm³/mol. The molecule has 1 unspecified atom stereocenters. The minimum atomic E-state index is 0.0433. The molecule has 2 aliphatic heterocycles. The van der Waals surface area contributed by atoms with Gasteiger partial charge in [0.25, 0.3) is 0 Å². The average molecular weight is 526 g/mol. The number of halogens is 1. The number of imidazole rings is 2. The molecule has 0 aromatic carbocycles. The zero-order valence-electron chi connectivity index (χ0n) is 18.8. The lowest BCUT2D eigenvalue weighted by molar-refractivity contribution is 0.221. The Morgan fingerprint density at radius 2 is 2.09 bits per heavy atom. The minimum absolute atomic E-state index is 0.0433. The molecule has 6 heterocycles. The van der Waals surface area contributed by atoms with Crippen molar-refractivity contribution in [2.24, 2.45) is 16.1 Å². The van der Waals surface area contributed by atoms with Gasteiger partial charge in [-0.1, -0.05) is 36.2 Å². The van der Waals surface area contributed by atoms with Gasteiger partial charge >= 0.3 is 0 Å². The SMILES string of the molecule is N/C=C\C1=NCC2(CCN(c3ncc(Sc4ccn5ccnc5c4Cl)n4cncc34)CC2)C1NS. The maximum atomic E-state index is 6.64. The molecule has 35 heavy (non-hydrogen) atoms.